The van der Waals surface area contributed by atoms with Crippen LogP contribution in [-0.2, 0) is 48.6 Å². The Morgan fingerprint density at radius 2 is 1.62 bits per heavy atom. The number of fused-ring (bicyclic) bond motifs is 4. The first-order valence-electron chi connectivity index (χ1n) is 19.2. The number of thiophene rings is 1. The van der Waals surface area contributed by atoms with Gasteiger partial charge in [0.15, 0.2) is 35.6 Å². The number of nitrogens with one attached hydrogen (secondary N) is 1. The molecule has 2 aromatic carbocycles. The zero-order valence-electron chi connectivity index (χ0n) is 32.4. The van der Waals surface area contributed by atoms with E-state index in [1.807, 2.05) is 12.1 Å². The quantitative estimate of drug-likeness (QED) is 0.0964. The van der Waals surface area contributed by atoms with Gasteiger partial charge in [-0.15, -0.1) is 11.3 Å². The summed E-state index contributed by atoms with van der Waals surface area (Å²) in [5, 5.41) is 37.0. The number of carbonyl (C=O) groups is 1. The van der Waals surface area contributed by atoms with Gasteiger partial charge in [0.2, 0.25) is 12.5 Å². The number of phenolic OH excluding ortho intramolecular Hbond substituents is 1. The minimum atomic E-state index is -3.15. The third-order valence-electron chi connectivity index (χ3n) is 11.0. The van der Waals surface area contributed by atoms with Gasteiger partial charge in [-0.05, 0) is 66.9 Å². The van der Waals surface area contributed by atoms with E-state index in [9.17, 15) is 24.7 Å². The number of phenols is 1. The highest BCUT2D eigenvalue weighted by Crippen LogP contribution is 2.57. The first-order valence-corrected chi connectivity index (χ1v) is 21.8. The number of rotatable bonds is 15. The molecule has 5 heterocycles. The smallest absolute Gasteiger partial charge is 0.331 e. The first-order chi connectivity index (χ1) is 28.1. The molecule has 0 bridgehead atoms. The average Bonchev–Trinajstić information content (AvgIpc) is 3.98. The molecule has 4 aliphatic heterocycles. The van der Waals surface area contributed by atoms with Gasteiger partial charge >= 0.3 is 13.6 Å². The van der Waals surface area contributed by atoms with Gasteiger partial charge in [0.05, 0.1) is 63.7 Å². The van der Waals surface area contributed by atoms with Crippen molar-refractivity contribution in [3.8, 4) is 28.7 Å². The highest BCUT2D eigenvalue weighted by molar-refractivity contribution is 7.53. The van der Waals surface area contributed by atoms with Crippen LogP contribution in [0.3, 0.4) is 0 Å². The predicted octanol–water partition coefficient (Wildman–Crippen LogP) is 4.11. The molecule has 4 N–H and O–H groups in total. The molecule has 6 unspecified atom stereocenters. The number of hydrogen-bond acceptors (Lipinski definition) is 18. The molecule has 5 aliphatic rings. The maximum absolute atomic E-state index is 13.6. The van der Waals surface area contributed by atoms with Gasteiger partial charge in [-0.1, -0.05) is 0 Å². The third kappa shape index (κ3) is 7.81. The van der Waals surface area contributed by atoms with Crippen molar-refractivity contribution in [3.05, 3.63) is 62.8 Å². The summed E-state index contributed by atoms with van der Waals surface area (Å²) >= 11 is 1.46. The van der Waals surface area contributed by atoms with E-state index in [-0.39, 0.29) is 43.4 Å². The van der Waals surface area contributed by atoms with Crippen molar-refractivity contribution in [2.45, 2.75) is 69.4 Å². The molecule has 10 atom stereocenters. The first kappa shape index (κ1) is 41.2. The van der Waals surface area contributed by atoms with Gasteiger partial charge in [0, 0.05) is 29.8 Å². The number of aliphatic hydroxyl groups excluding tert-OH is 2. The van der Waals surface area contributed by atoms with Crippen molar-refractivity contribution in [1.29, 1.82) is 0 Å². The van der Waals surface area contributed by atoms with Crippen molar-refractivity contribution in [3.63, 3.8) is 0 Å². The van der Waals surface area contributed by atoms with Crippen LogP contribution < -0.4 is 24.3 Å². The number of cyclic esters (lactones) is 1. The Balaban J connectivity index is 0.984. The molecule has 3 aromatic rings. The van der Waals surface area contributed by atoms with E-state index in [1.54, 1.807) is 38.1 Å². The van der Waals surface area contributed by atoms with Crippen LogP contribution in [0.1, 0.15) is 58.6 Å². The fraction of sp³-hybridized carbons (Fsp3) is 0.564. The van der Waals surface area contributed by atoms with Crippen LogP contribution in [0.25, 0.3) is 0 Å². The van der Waals surface area contributed by atoms with Gasteiger partial charge in [-0.25, -0.2) is 0 Å². The molecule has 0 spiro atoms. The highest BCUT2D eigenvalue weighted by Gasteiger charge is 2.56. The van der Waals surface area contributed by atoms with Crippen LogP contribution >= 0.6 is 18.9 Å². The standard InChI is InChI=1S/C39H48NO16PS/c1-5-52-57(45,53-6-2)10-9-40-15-20-7-8-29(58-20)38-49-17-28-36(56-38)33(42)34(43)39(54-28)55-35-22-14-25-24(50-18-51-25)13-21(22)30(31-23(35)16-48-37(31)44)19-11-26(46-3)32(41)27(12-19)47-4/h7-8,11-14,23,28,30-31,33-36,38-43H,5-6,9-10,15-18H2,1-4H3/t23-,28?,30+,31-,33?,34?,35+,36?,38?,39?/m0/s1. The van der Waals surface area contributed by atoms with Crippen LogP contribution in [-0.4, -0.2) is 112 Å². The van der Waals surface area contributed by atoms with Crippen LogP contribution in [0, 0.1) is 11.8 Å². The lowest BCUT2D eigenvalue weighted by atomic mass is 9.66. The summed E-state index contributed by atoms with van der Waals surface area (Å²) in [5.41, 5.74) is 1.93. The van der Waals surface area contributed by atoms with Crippen molar-refractivity contribution >= 4 is 24.9 Å². The Bertz CT molecular complexity index is 1980. The summed E-state index contributed by atoms with van der Waals surface area (Å²) in [6, 6.07) is 10.7. The molecule has 8 rings (SSSR count). The molecule has 17 nitrogen and oxygen atoms in total. The number of aliphatic hydroxyl groups is 2. The van der Waals surface area contributed by atoms with Crippen molar-refractivity contribution in [1.82, 2.24) is 5.32 Å². The number of esters is 1. The topological polar surface area (TPSA) is 208 Å². The molecule has 58 heavy (non-hydrogen) atoms. The lowest BCUT2D eigenvalue weighted by Gasteiger charge is -2.48. The molecule has 316 valence electrons. The Morgan fingerprint density at radius 1 is 0.914 bits per heavy atom. The molecule has 19 heteroatoms. The van der Waals surface area contributed by atoms with Gasteiger partial charge in [-0.2, -0.15) is 0 Å². The van der Waals surface area contributed by atoms with Gasteiger partial charge in [0.25, 0.3) is 0 Å². The number of carbonyl (C=O) groups excluding carboxylic acids is 1. The van der Waals surface area contributed by atoms with E-state index in [0.717, 1.165) is 9.75 Å². The highest BCUT2D eigenvalue weighted by atomic mass is 32.1. The second-order valence-electron chi connectivity index (χ2n) is 14.4. The lowest BCUT2D eigenvalue weighted by Crippen LogP contribution is -2.62. The summed E-state index contributed by atoms with van der Waals surface area (Å²) in [4.78, 5) is 15.4. The Labute approximate surface area is 338 Å². The van der Waals surface area contributed by atoms with E-state index < -0.39 is 74.4 Å². The Hall–Kier alpha value is -3.52. The Morgan fingerprint density at radius 3 is 2.31 bits per heavy atom. The molecule has 3 saturated heterocycles. The summed E-state index contributed by atoms with van der Waals surface area (Å²) in [6.45, 7) is 5.15. The third-order valence-corrected chi connectivity index (χ3v) is 14.2. The number of ether oxygens (including phenoxy) is 9. The number of hydrogen-bond donors (Lipinski definition) is 4. The van der Waals surface area contributed by atoms with Crippen LogP contribution in [0.15, 0.2) is 36.4 Å². The van der Waals surface area contributed by atoms with E-state index in [1.165, 1.54) is 25.6 Å². The second kappa shape index (κ2) is 17.2. The SMILES string of the molecule is CCOP(=O)(CCNCc1ccc(C2OCC3OC(O[C@@H]4c5cc6c(cc5[C@@H](c5cc(OC)c(O)c(OC)c5)[C@H]5C(=O)OC[C@@H]54)OCO6)C(O)C(O)C3O2)s1)OCC. The number of methoxy groups -OCH3 is 2. The fourth-order valence-electron chi connectivity index (χ4n) is 8.36. The minimum absolute atomic E-state index is 0.00258. The summed E-state index contributed by atoms with van der Waals surface area (Å²) in [6.07, 6.45) is -7.46. The predicted molar refractivity (Wildman–Crippen MR) is 203 cm³/mol. The second-order valence-corrected chi connectivity index (χ2v) is 17.8. The molecule has 0 amide bonds. The Kier molecular flexibility index (Phi) is 12.2. The van der Waals surface area contributed by atoms with Crippen LogP contribution in [0.2, 0.25) is 0 Å². The van der Waals surface area contributed by atoms with E-state index in [4.69, 9.17) is 51.7 Å². The van der Waals surface area contributed by atoms with E-state index >= 15 is 0 Å². The minimum Gasteiger partial charge on any atom is -0.502 e. The molecule has 1 aliphatic carbocycles. The summed E-state index contributed by atoms with van der Waals surface area (Å²) in [5.74, 6) is -1.30. The monoisotopic (exact) mass is 849 g/mol. The zero-order valence-corrected chi connectivity index (χ0v) is 34.1. The average molecular weight is 850 g/mol. The largest absolute Gasteiger partial charge is 0.502 e. The van der Waals surface area contributed by atoms with Crippen molar-refractivity contribution < 1.29 is 76.4 Å². The van der Waals surface area contributed by atoms with E-state index in [2.05, 4.69) is 5.32 Å². The van der Waals surface area contributed by atoms with E-state index in [0.29, 0.717) is 54.5 Å². The molecular formula is C39H48NO16PS. The molecule has 0 radical (unpaired) electrons. The molecular weight excluding hydrogens is 801 g/mol. The van der Waals surface area contributed by atoms with Crippen LogP contribution in [0.4, 0.5) is 0 Å². The number of benzene rings is 2. The lowest BCUT2D eigenvalue weighted by molar-refractivity contribution is -0.368. The van der Waals surface area contributed by atoms with Gasteiger partial charge < -0.3 is 72.3 Å². The van der Waals surface area contributed by atoms with Gasteiger partial charge in [-0.3, -0.25) is 9.36 Å². The molecule has 3 fully saturated rings. The zero-order chi connectivity index (χ0) is 40.7. The maximum Gasteiger partial charge on any atom is 0.331 e. The molecule has 0 saturated carbocycles. The van der Waals surface area contributed by atoms with Gasteiger partial charge in [0.1, 0.15) is 24.4 Å². The summed E-state index contributed by atoms with van der Waals surface area (Å²) in [7, 11) is -0.300. The van der Waals surface area contributed by atoms with Crippen molar-refractivity contribution in [2.75, 3.05) is 60.1 Å². The van der Waals surface area contributed by atoms with Crippen molar-refractivity contribution in [2.24, 2.45) is 11.8 Å². The summed E-state index contributed by atoms with van der Waals surface area (Å²) < 4.78 is 76.8. The molecule has 1 aromatic heterocycles. The fourth-order valence-corrected chi connectivity index (χ4v) is 10.9. The number of aromatic hydroxyl groups is 1. The normalized spacial score (nSPS) is 30.0. The maximum atomic E-state index is 13.6. The van der Waals surface area contributed by atoms with Crippen LogP contribution in [0.5, 0.6) is 28.7 Å².